The Kier molecular flexibility index (Phi) is 3.87. The SMILES string of the molecule is CC(C)(C(=O)C1=COCCC1)N1CCCCC1. The molecule has 3 heteroatoms. The Morgan fingerprint density at radius 2 is 1.94 bits per heavy atom. The number of Topliss-reactive ketones (excluding diaryl/α,β-unsaturated/α-hetero) is 1. The van der Waals surface area contributed by atoms with E-state index in [9.17, 15) is 4.79 Å². The smallest absolute Gasteiger partial charge is 0.181 e. The van der Waals surface area contributed by atoms with Crippen LogP contribution < -0.4 is 0 Å². The van der Waals surface area contributed by atoms with Crippen molar-refractivity contribution in [2.24, 2.45) is 0 Å². The quantitative estimate of drug-likeness (QED) is 0.755. The molecular formula is C14H23NO2. The molecule has 0 aromatic heterocycles. The second-order valence-corrected chi connectivity index (χ2v) is 5.55. The van der Waals surface area contributed by atoms with E-state index in [0.29, 0.717) is 0 Å². The Labute approximate surface area is 104 Å². The second-order valence-electron chi connectivity index (χ2n) is 5.55. The summed E-state index contributed by atoms with van der Waals surface area (Å²) in [5.74, 6) is 0.249. The Morgan fingerprint density at radius 1 is 1.24 bits per heavy atom. The molecule has 2 heterocycles. The predicted molar refractivity (Wildman–Crippen MR) is 67.8 cm³/mol. The van der Waals surface area contributed by atoms with E-state index < -0.39 is 0 Å². The number of carbonyl (C=O) groups excluding carboxylic acids is 1. The van der Waals surface area contributed by atoms with Gasteiger partial charge in [0.25, 0.3) is 0 Å². The Morgan fingerprint density at radius 3 is 2.53 bits per heavy atom. The lowest BCUT2D eigenvalue weighted by Crippen LogP contribution is -2.52. The van der Waals surface area contributed by atoms with Crippen molar-refractivity contribution in [1.82, 2.24) is 4.90 Å². The molecule has 3 nitrogen and oxygen atoms in total. The molecule has 0 spiro atoms. The fourth-order valence-corrected chi connectivity index (χ4v) is 2.72. The zero-order valence-electron chi connectivity index (χ0n) is 11.0. The van der Waals surface area contributed by atoms with Gasteiger partial charge in [0.15, 0.2) is 5.78 Å². The molecule has 0 aliphatic carbocycles. The molecule has 0 amide bonds. The first kappa shape index (κ1) is 12.6. The molecule has 2 rings (SSSR count). The van der Waals surface area contributed by atoms with Crippen molar-refractivity contribution < 1.29 is 9.53 Å². The standard InChI is InChI=1S/C14H23NO2/c1-14(2,15-8-4-3-5-9-15)13(16)12-7-6-10-17-11-12/h11H,3-10H2,1-2H3. The molecule has 0 saturated carbocycles. The number of rotatable bonds is 3. The first-order valence-electron chi connectivity index (χ1n) is 6.73. The molecule has 1 fully saturated rings. The van der Waals surface area contributed by atoms with Crippen LogP contribution >= 0.6 is 0 Å². The maximum atomic E-state index is 12.5. The van der Waals surface area contributed by atoms with Crippen LogP contribution in [-0.4, -0.2) is 35.9 Å². The Balaban J connectivity index is 2.07. The Bertz CT molecular complexity index is 314. The van der Waals surface area contributed by atoms with Crippen molar-refractivity contribution in [1.29, 1.82) is 0 Å². The van der Waals surface area contributed by atoms with Crippen LogP contribution in [0, 0.1) is 0 Å². The zero-order valence-corrected chi connectivity index (χ0v) is 11.0. The second kappa shape index (κ2) is 5.21. The molecule has 17 heavy (non-hydrogen) atoms. The third-order valence-electron chi connectivity index (χ3n) is 3.93. The molecule has 2 aliphatic heterocycles. The number of ketones is 1. The summed E-state index contributed by atoms with van der Waals surface area (Å²) in [5.41, 5.74) is 0.499. The average molecular weight is 237 g/mol. The monoisotopic (exact) mass is 237 g/mol. The van der Waals surface area contributed by atoms with Crippen molar-refractivity contribution in [2.75, 3.05) is 19.7 Å². The van der Waals surface area contributed by atoms with E-state index in [2.05, 4.69) is 18.7 Å². The first-order chi connectivity index (χ1) is 8.12. The van der Waals surface area contributed by atoms with Crippen LogP contribution in [0.2, 0.25) is 0 Å². The van der Waals surface area contributed by atoms with E-state index in [1.54, 1.807) is 6.26 Å². The van der Waals surface area contributed by atoms with Gasteiger partial charge in [-0.15, -0.1) is 0 Å². The van der Waals surface area contributed by atoms with Gasteiger partial charge in [-0.25, -0.2) is 0 Å². The summed E-state index contributed by atoms with van der Waals surface area (Å²) < 4.78 is 5.28. The summed E-state index contributed by atoms with van der Waals surface area (Å²) in [6, 6.07) is 0. The zero-order chi connectivity index (χ0) is 12.3. The topological polar surface area (TPSA) is 29.5 Å². The minimum absolute atomic E-state index is 0.249. The van der Waals surface area contributed by atoms with Crippen LogP contribution in [0.15, 0.2) is 11.8 Å². The molecule has 2 aliphatic rings. The number of likely N-dealkylation sites (tertiary alicyclic amines) is 1. The molecular weight excluding hydrogens is 214 g/mol. The van der Waals surface area contributed by atoms with Crippen molar-refractivity contribution in [3.8, 4) is 0 Å². The van der Waals surface area contributed by atoms with E-state index in [0.717, 1.165) is 38.1 Å². The molecule has 0 bridgehead atoms. The van der Waals surface area contributed by atoms with Gasteiger partial charge in [-0.3, -0.25) is 9.69 Å². The molecule has 0 aromatic carbocycles. The number of piperidine rings is 1. The van der Waals surface area contributed by atoms with E-state index in [1.807, 2.05) is 0 Å². The van der Waals surface area contributed by atoms with Crippen LogP contribution in [0.5, 0.6) is 0 Å². The summed E-state index contributed by atoms with van der Waals surface area (Å²) in [6.45, 7) is 6.95. The van der Waals surface area contributed by atoms with Crippen LogP contribution in [0.25, 0.3) is 0 Å². The van der Waals surface area contributed by atoms with E-state index >= 15 is 0 Å². The van der Waals surface area contributed by atoms with Crippen molar-refractivity contribution >= 4 is 5.78 Å². The van der Waals surface area contributed by atoms with Gasteiger partial charge in [-0.1, -0.05) is 6.42 Å². The summed E-state index contributed by atoms with van der Waals surface area (Å²) in [4.78, 5) is 14.9. The van der Waals surface area contributed by atoms with E-state index in [-0.39, 0.29) is 11.3 Å². The van der Waals surface area contributed by atoms with E-state index in [1.165, 1.54) is 19.3 Å². The highest BCUT2D eigenvalue weighted by Gasteiger charge is 2.36. The van der Waals surface area contributed by atoms with Gasteiger partial charge in [0.2, 0.25) is 0 Å². The van der Waals surface area contributed by atoms with E-state index in [4.69, 9.17) is 4.74 Å². The number of hydrogen-bond donors (Lipinski definition) is 0. The lowest BCUT2D eigenvalue weighted by molar-refractivity contribution is -0.126. The number of hydrogen-bond acceptors (Lipinski definition) is 3. The molecule has 0 N–H and O–H groups in total. The number of carbonyl (C=O) groups is 1. The lowest BCUT2D eigenvalue weighted by atomic mass is 9.87. The maximum absolute atomic E-state index is 12.5. The predicted octanol–water partition coefficient (Wildman–Crippen LogP) is 2.51. The van der Waals surface area contributed by atoms with Crippen LogP contribution in [0.1, 0.15) is 46.0 Å². The van der Waals surface area contributed by atoms with Gasteiger partial charge in [0, 0.05) is 5.57 Å². The number of ether oxygens (including phenoxy) is 1. The first-order valence-corrected chi connectivity index (χ1v) is 6.73. The lowest BCUT2D eigenvalue weighted by Gasteiger charge is -2.40. The fraction of sp³-hybridized carbons (Fsp3) is 0.786. The van der Waals surface area contributed by atoms with Crippen LogP contribution in [0.4, 0.5) is 0 Å². The van der Waals surface area contributed by atoms with Gasteiger partial charge >= 0.3 is 0 Å². The van der Waals surface area contributed by atoms with Gasteiger partial charge < -0.3 is 4.74 Å². The van der Waals surface area contributed by atoms with Crippen molar-refractivity contribution in [3.63, 3.8) is 0 Å². The normalized spacial score (nSPS) is 22.8. The Hall–Kier alpha value is -0.830. The van der Waals surface area contributed by atoms with Gasteiger partial charge in [-0.05, 0) is 52.6 Å². The van der Waals surface area contributed by atoms with Crippen LogP contribution in [0.3, 0.4) is 0 Å². The molecule has 0 radical (unpaired) electrons. The summed E-state index contributed by atoms with van der Waals surface area (Å²) in [5, 5.41) is 0. The average Bonchev–Trinajstić information content (AvgIpc) is 2.40. The van der Waals surface area contributed by atoms with Gasteiger partial charge in [0.05, 0.1) is 18.4 Å². The third kappa shape index (κ3) is 2.71. The molecule has 0 unspecified atom stereocenters. The molecule has 1 saturated heterocycles. The van der Waals surface area contributed by atoms with Gasteiger partial charge in [0.1, 0.15) is 0 Å². The highest BCUT2D eigenvalue weighted by molar-refractivity contribution is 6.01. The minimum atomic E-state index is -0.368. The number of nitrogens with zero attached hydrogens (tertiary/aromatic N) is 1. The third-order valence-corrected chi connectivity index (χ3v) is 3.93. The highest BCUT2D eigenvalue weighted by atomic mass is 16.5. The molecule has 96 valence electrons. The summed E-state index contributed by atoms with van der Waals surface area (Å²) in [7, 11) is 0. The van der Waals surface area contributed by atoms with Crippen molar-refractivity contribution in [3.05, 3.63) is 11.8 Å². The van der Waals surface area contributed by atoms with Crippen LogP contribution in [-0.2, 0) is 9.53 Å². The van der Waals surface area contributed by atoms with Gasteiger partial charge in [-0.2, -0.15) is 0 Å². The van der Waals surface area contributed by atoms with Crippen molar-refractivity contribution in [2.45, 2.75) is 51.5 Å². The maximum Gasteiger partial charge on any atom is 0.181 e. The molecule has 0 atom stereocenters. The fourth-order valence-electron chi connectivity index (χ4n) is 2.72. The largest absolute Gasteiger partial charge is 0.501 e. The molecule has 0 aromatic rings. The summed E-state index contributed by atoms with van der Waals surface area (Å²) in [6.07, 6.45) is 7.24. The minimum Gasteiger partial charge on any atom is -0.501 e. The highest BCUT2D eigenvalue weighted by Crippen LogP contribution is 2.26. The summed E-state index contributed by atoms with van der Waals surface area (Å²) >= 11 is 0.